The summed E-state index contributed by atoms with van der Waals surface area (Å²) in [4.78, 5) is 20.5. The van der Waals surface area contributed by atoms with Gasteiger partial charge >= 0.3 is 0 Å². The number of halogens is 2. The maximum atomic E-state index is 12.1. The van der Waals surface area contributed by atoms with Crippen molar-refractivity contribution in [3.63, 3.8) is 0 Å². The van der Waals surface area contributed by atoms with Gasteiger partial charge in [-0.2, -0.15) is 0 Å². The van der Waals surface area contributed by atoms with Crippen molar-refractivity contribution in [2.45, 2.75) is 26.7 Å². The molecule has 0 saturated carbocycles. The number of hydrogen-bond donors (Lipinski definition) is 2. The highest BCUT2D eigenvalue weighted by molar-refractivity contribution is 6.35. The lowest BCUT2D eigenvalue weighted by atomic mass is 10.1. The minimum Gasteiger partial charge on any atom is -0.369 e. The Bertz CT molecular complexity index is 705. The molecule has 1 amide bonds. The van der Waals surface area contributed by atoms with Gasteiger partial charge in [0.1, 0.15) is 11.5 Å². The highest BCUT2D eigenvalue weighted by Gasteiger charge is 2.08. The van der Waals surface area contributed by atoms with E-state index in [4.69, 9.17) is 23.2 Å². The zero-order chi connectivity index (χ0) is 18.2. The van der Waals surface area contributed by atoms with Crippen molar-refractivity contribution in [2.75, 3.05) is 18.4 Å². The number of carbonyl (C=O) groups excluding carboxylic acids is 1. The van der Waals surface area contributed by atoms with Gasteiger partial charge < -0.3 is 10.6 Å². The van der Waals surface area contributed by atoms with Crippen LogP contribution in [0.25, 0.3) is 0 Å². The molecule has 0 spiro atoms. The molecule has 0 aliphatic rings. The van der Waals surface area contributed by atoms with Gasteiger partial charge in [0, 0.05) is 23.1 Å². The van der Waals surface area contributed by atoms with Gasteiger partial charge in [-0.05, 0) is 36.5 Å². The summed E-state index contributed by atoms with van der Waals surface area (Å²) in [5, 5.41) is 7.19. The number of aromatic nitrogens is 2. The highest BCUT2D eigenvalue weighted by atomic mass is 35.5. The van der Waals surface area contributed by atoms with Crippen molar-refractivity contribution in [3.8, 4) is 0 Å². The second-order valence-electron chi connectivity index (χ2n) is 6.14. The SMILES string of the molecule is CC(C)CCNc1cnc(C(=O)NCCc2ccc(Cl)cc2Cl)cn1. The lowest BCUT2D eigenvalue weighted by molar-refractivity contribution is 0.0949. The normalized spacial score (nSPS) is 10.8. The van der Waals surface area contributed by atoms with Gasteiger partial charge in [0.25, 0.3) is 5.91 Å². The average molecular weight is 381 g/mol. The number of rotatable bonds is 8. The fourth-order valence-corrected chi connectivity index (χ4v) is 2.65. The van der Waals surface area contributed by atoms with E-state index in [1.807, 2.05) is 6.07 Å². The van der Waals surface area contributed by atoms with Gasteiger partial charge in [-0.1, -0.05) is 43.1 Å². The van der Waals surface area contributed by atoms with Crippen molar-refractivity contribution in [1.82, 2.24) is 15.3 Å². The second-order valence-corrected chi connectivity index (χ2v) is 6.98. The number of nitrogens with one attached hydrogen (secondary N) is 2. The third kappa shape index (κ3) is 6.52. The third-order valence-corrected chi connectivity index (χ3v) is 4.19. The van der Waals surface area contributed by atoms with E-state index in [-0.39, 0.29) is 11.6 Å². The summed E-state index contributed by atoms with van der Waals surface area (Å²) >= 11 is 12.0. The number of anilines is 1. The Morgan fingerprint density at radius 3 is 2.60 bits per heavy atom. The van der Waals surface area contributed by atoms with E-state index in [2.05, 4.69) is 34.4 Å². The first kappa shape index (κ1) is 19.5. The number of nitrogens with zero attached hydrogens (tertiary/aromatic N) is 2. The Balaban J connectivity index is 1.80. The van der Waals surface area contributed by atoms with Crippen molar-refractivity contribution in [2.24, 2.45) is 5.92 Å². The molecule has 0 unspecified atom stereocenters. The average Bonchev–Trinajstić information content (AvgIpc) is 2.57. The van der Waals surface area contributed by atoms with E-state index in [9.17, 15) is 4.79 Å². The molecule has 0 atom stereocenters. The van der Waals surface area contributed by atoms with E-state index in [1.54, 1.807) is 18.3 Å². The summed E-state index contributed by atoms with van der Waals surface area (Å²) < 4.78 is 0. The Morgan fingerprint density at radius 2 is 1.96 bits per heavy atom. The fraction of sp³-hybridized carbons (Fsp3) is 0.389. The molecular weight excluding hydrogens is 359 g/mol. The summed E-state index contributed by atoms with van der Waals surface area (Å²) in [5.74, 6) is 1.04. The Morgan fingerprint density at radius 1 is 1.16 bits per heavy atom. The van der Waals surface area contributed by atoms with E-state index < -0.39 is 0 Å². The van der Waals surface area contributed by atoms with Crippen molar-refractivity contribution < 1.29 is 4.79 Å². The maximum absolute atomic E-state index is 12.1. The predicted molar refractivity (Wildman–Crippen MR) is 102 cm³/mol. The minimum absolute atomic E-state index is 0.258. The van der Waals surface area contributed by atoms with E-state index in [0.29, 0.717) is 34.7 Å². The number of carbonyl (C=O) groups is 1. The van der Waals surface area contributed by atoms with Gasteiger partial charge in [0.15, 0.2) is 0 Å². The van der Waals surface area contributed by atoms with Crippen molar-refractivity contribution in [1.29, 1.82) is 0 Å². The van der Waals surface area contributed by atoms with Crippen molar-refractivity contribution >= 4 is 34.9 Å². The smallest absolute Gasteiger partial charge is 0.271 e. The third-order valence-electron chi connectivity index (χ3n) is 3.61. The Kier molecular flexibility index (Phi) is 7.47. The molecule has 7 heteroatoms. The van der Waals surface area contributed by atoms with Gasteiger partial charge in [0.2, 0.25) is 0 Å². The van der Waals surface area contributed by atoms with Crippen molar-refractivity contribution in [3.05, 3.63) is 51.9 Å². The van der Waals surface area contributed by atoms with Gasteiger partial charge in [-0.15, -0.1) is 0 Å². The Labute approximate surface area is 158 Å². The monoisotopic (exact) mass is 380 g/mol. The van der Waals surface area contributed by atoms with Crippen LogP contribution in [0.5, 0.6) is 0 Å². The number of amides is 1. The molecule has 5 nitrogen and oxygen atoms in total. The Hall–Kier alpha value is -1.85. The van der Waals surface area contributed by atoms with Crippen LogP contribution >= 0.6 is 23.2 Å². The summed E-state index contributed by atoms with van der Waals surface area (Å²) in [6.45, 7) is 5.62. The molecule has 0 bridgehead atoms. The molecule has 0 aliphatic carbocycles. The van der Waals surface area contributed by atoms with Crippen LogP contribution in [-0.2, 0) is 6.42 Å². The van der Waals surface area contributed by atoms with Crippen LogP contribution in [0.2, 0.25) is 10.0 Å². The first-order chi connectivity index (χ1) is 12.0. The molecule has 25 heavy (non-hydrogen) atoms. The molecule has 1 heterocycles. The van der Waals surface area contributed by atoms with Crippen LogP contribution < -0.4 is 10.6 Å². The number of hydrogen-bond acceptors (Lipinski definition) is 4. The van der Waals surface area contributed by atoms with Gasteiger partial charge in [-0.25, -0.2) is 9.97 Å². The van der Waals surface area contributed by atoms with Crippen LogP contribution in [0.4, 0.5) is 5.82 Å². The zero-order valence-electron chi connectivity index (χ0n) is 14.4. The topological polar surface area (TPSA) is 66.9 Å². The molecular formula is C18H22Cl2N4O. The maximum Gasteiger partial charge on any atom is 0.271 e. The largest absolute Gasteiger partial charge is 0.369 e. The molecule has 2 aromatic rings. The van der Waals surface area contributed by atoms with Crippen LogP contribution in [-0.4, -0.2) is 29.0 Å². The molecule has 0 radical (unpaired) electrons. The molecule has 2 N–H and O–H groups in total. The summed E-state index contributed by atoms with van der Waals surface area (Å²) in [5.41, 5.74) is 1.22. The minimum atomic E-state index is -0.258. The lowest BCUT2D eigenvalue weighted by Crippen LogP contribution is -2.26. The molecule has 1 aromatic carbocycles. The molecule has 2 rings (SSSR count). The van der Waals surface area contributed by atoms with Crippen LogP contribution in [0.15, 0.2) is 30.6 Å². The van der Waals surface area contributed by atoms with E-state index in [0.717, 1.165) is 18.5 Å². The second kappa shape index (κ2) is 9.59. The fourth-order valence-electron chi connectivity index (χ4n) is 2.15. The van der Waals surface area contributed by atoms with Crippen LogP contribution in [0.3, 0.4) is 0 Å². The zero-order valence-corrected chi connectivity index (χ0v) is 15.9. The lowest BCUT2D eigenvalue weighted by Gasteiger charge is -2.08. The van der Waals surface area contributed by atoms with Gasteiger partial charge in [0.05, 0.1) is 12.4 Å². The summed E-state index contributed by atoms with van der Waals surface area (Å²) in [7, 11) is 0. The van der Waals surface area contributed by atoms with E-state index >= 15 is 0 Å². The first-order valence-corrected chi connectivity index (χ1v) is 8.99. The molecule has 0 aliphatic heterocycles. The first-order valence-electron chi connectivity index (χ1n) is 8.23. The molecule has 134 valence electrons. The quantitative estimate of drug-likeness (QED) is 0.719. The van der Waals surface area contributed by atoms with Crippen LogP contribution in [0, 0.1) is 5.92 Å². The predicted octanol–water partition coefficient (Wildman–Crippen LogP) is 4.21. The summed E-state index contributed by atoms with van der Waals surface area (Å²) in [6.07, 6.45) is 4.72. The molecule has 0 saturated heterocycles. The standard InChI is InChI=1S/C18H22Cl2N4O/c1-12(2)5-7-21-17-11-23-16(10-24-17)18(25)22-8-6-13-3-4-14(19)9-15(13)20/h3-4,9-12H,5-8H2,1-2H3,(H,21,24)(H,22,25). The number of benzene rings is 1. The summed E-state index contributed by atoms with van der Waals surface area (Å²) in [6, 6.07) is 5.33. The highest BCUT2D eigenvalue weighted by Crippen LogP contribution is 2.21. The molecule has 1 aromatic heterocycles. The molecule has 0 fully saturated rings. The van der Waals surface area contributed by atoms with Crippen LogP contribution in [0.1, 0.15) is 36.3 Å². The van der Waals surface area contributed by atoms with E-state index in [1.165, 1.54) is 6.20 Å². The van der Waals surface area contributed by atoms with Gasteiger partial charge in [-0.3, -0.25) is 4.79 Å².